The van der Waals surface area contributed by atoms with Crippen molar-refractivity contribution in [3.8, 4) is 0 Å². The maximum absolute atomic E-state index is 14.5. The van der Waals surface area contributed by atoms with Gasteiger partial charge in [0.1, 0.15) is 17.5 Å². The first-order valence-electron chi connectivity index (χ1n) is 10.5. The molecule has 0 spiro atoms. The molecule has 0 N–H and O–H groups in total. The molecular weight excluding hydrogens is 399 g/mol. The van der Waals surface area contributed by atoms with Gasteiger partial charge in [0.15, 0.2) is 0 Å². The zero-order chi connectivity index (χ0) is 22.0. The molecule has 3 aromatic rings. The van der Waals surface area contributed by atoms with Crippen molar-refractivity contribution in [3.05, 3.63) is 106 Å². The molecule has 4 rings (SSSR count). The third-order valence-corrected chi connectivity index (χ3v) is 6.05. The number of amides is 1. The summed E-state index contributed by atoms with van der Waals surface area (Å²) < 4.78 is 43.3. The van der Waals surface area contributed by atoms with E-state index in [1.165, 1.54) is 24.3 Å². The van der Waals surface area contributed by atoms with Crippen LogP contribution < -0.4 is 0 Å². The van der Waals surface area contributed by atoms with E-state index in [2.05, 4.69) is 0 Å². The van der Waals surface area contributed by atoms with Crippen LogP contribution in [-0.2, 0) is 11.2 Å². The van der Waals surface area contributed by atoms with Crippen LogP contribution in [0.4, 0.5) is 13.2 Å². The SMILES string of the molecule is Cc1ccc(C(Cc2c(F)cccc2F)C(=O)N2CCCC2c2ccccc2F)cc1. The Kier molecular flexibility index (Phi) is 6.12. The van der Waals surface area contributed by atoms with Gasteiger partial charge in [-0.05, 0) is 49.9 Å². The number of benzene rings is 3. The number of aryl methyl sites for hydroxylation is 1. The minimum Gasteiger partial charge on any atom is -0.335 e. The standard InChI is InChI=1S/C26H24F3NO/c1-17-11-13-18(14-12-17)20(16-21-23(28)8-4-9-24(21)29)26(31)30-15-5-10-25(30)19-6-2-3-7-22(19)27/h2-4,6-9,11-14,20,25H,5,10,15-16H2,1H3. The van der Waals surface area contributed by atoms with E-state index >= 15 is 0 Å². The van der Waals surface area contributed by atoms with Crippen molar-refractivity contribution in [1.29, 1.82) is 0 Å². The van der Waals surface area contributed by atoms with Gasteiger partial charge >= 0.3 is 0 Å². The van der Waals surface area contributed by atoms with Crippen molar-refractivity contribution in [2.45, 2.75) is 38.1 Å². The Morgan fingerprint density at radius 2 is 1.58 bits per heavy atom. The minimum atomic E-state index is -0.764. The largest absolute Gasteiger partial charge is 0.335 e. The first-order chi connectivity index (χ1) is 15.0. The highest BCUT2D eigenvalue weighted by Crippen LogP contribution is 2.37. The Hall–Kier alpha value is -3.08. The van der Waals surface area contributed by atoms with Crippen molar-refractivity contribution in [2.24, 2.45) is 0 Å². The van der Waals surface area contributed by atoms with E-state index in [0.717, 1.165) is 12.0 Å². The lowest BCUT2D eigenvalue weighted by Gasteiger charge is -2.30. The van der Waals surface area contributed by atoms with Gasteiger partial charge in [0.05, 0.1) is 12.0 Å². The molecule has 0 saturated carbocycles. The zero-order valence-corrected chi connectivity index (χ0v) is 17.3. The monoisotopic (exact) mass is 423 g/mol. The second-order valence-corrected chi connectivity index (χ2v) is 8.08. The van der Waals surface area contributed by atoms with Crippen LogP contribution >= 0.6 is 0 Å². The first-order valence-corrected chi connectivity index (χ1v) is 10.5. The van der Waals surface area contributed by atoms with Gasteiger partial charge in [-0.25, -0.2) is 13.2 Å². The summed E-state index contributed by atoms with van der Waals surface area (Å²) in [5, 5.41) is 0. The highest BCUT2D eigenvalue weighted by Gasteiger charge is 2.36. The molecule has 1 amide bonds. The van der Waals surface area contributed by atoms with Crippen LogP contribution in [0.1, 0.15) is 47.1 Å². The van der Waals surface area contributed by atoms with Crippen molar-refractivity contribution < 1.29 is 18.0 Å². The smallest absolute Gasteiger partial charge is 0.230 e. The normalized spacial score (nSPS) is 17.0. The lowest BCUT2D eigenvalue weighted by atomic mass is 9.89. The van der Waals surface area contributed by atoms with Crippen molar-refractivity contribution >= 4 is 5.91 Å². The maximum Gasteiger partial charge on any atom is 0.230 e. The fourth-order valence-corrected chi connectivity index (χ4v) is 4.38. The molecule has 2 nitrogen and oxygen atoms in total. The fraction of sp³-hybridized carbons (Fsp3) is 0.269. The number of rotatable bonds is 5. The third-order valence-electron chi connectivity index (χ3n) is 6.05. The van der Waals surface area contributed by atoms with E-state index < -0.39 is 17.6 Å². The summed E-state index contributed by atoms with van der Waals surface area (Å²) in [4.78, 5) is 15.4. The summed E-state index contributed by atoms with van der Waals surface area (Å²) in [6.07, 6.45) is 1.31. The molecular formula is C26H24F3NO. The van der Waals surface area contributed by atoms with E-state index in [4.69, 9.17) is 0 Å². The van der Waals surface area contributed by atoms with Gasteiger partial charge in [-0.2, -0.15) is 0 Å². The molecule has 0 aliphatic carbocycles. The van der Waals surface area contributed by atoms with Crippen LogP contribution in [0.5, 0.6) is 0 Å². The molecule has 1 aliphatic heterocycles. The number of hydrogen-bond donors (Lipinski definition) is 0. The number of hydrogen-bond acceptors (Lipinski definition) is 1. The first kappa shape index (κ1) is 21.2. The van der Waals surface area contributed by atoms with Crippen LogP contribution in [0.2, 0.25) is 0 Å². The molecule has 160 valence electrons. The summed E-state index contributed by atoms with van der Waals surface area (Å²) >= 11 is 0. The Balaban J connectivity index is 1.71. The molecule has 31 heavy (non-hydrogen) atoms. The second-order valence-electron chi connectivity index (χ2n) is 8.08. The number of carbonyl (C=O) groups excluding carboxylic acids is 1. The average molecular weight is 423 g/mol. The lowest BCUT2D eigenvalue weighted by molar-refractivity contribution is -0.133. The Bertz CT molecular complexity index is 1060. The molecule has 3 aromatic carbocycles. The molecule has 2 unspecified atom stereocenters. The van der Waals surface area contributed by atoms with Crippen molar-refractivity contribution in [3.63, 3.8) is 0 Å². The maximum atomic E-state index is 14.5. The average Bonchev–Trinajstić information content (AvgIpc) is 3.24. The number of likely N-dealkylation sites (tertiary alicyclic amines) is 1. The van der Waals surface area contributed by atoms with Crippen LogP contribution in [-0.4, -0.2) is 17.4 Å². The molecule has 5 heteroatoms. The Morgan fingerprint density at radius 3 is 2.26 bits per heavy atom. The van der Waals surface area contributed by atoms with Gasteiger partial charge in [0.2, 0.25) is 5.91 Å². The summed E-state index contributed by atoms with van der Waals surface area (Å²) in [5.74, 6) is -2.69. The highest BCUT2D eigenvalue weighted by atomic mass is 19.1. The molecule has 0 bridgehead atoms. The lowest BCUT2D eigenvalue weighted by Crippen LogP contribution is -2.36. The third kappa shape index (κ3) is 4.36. The van der Waals surface area contributed by atoms with Gasteiger partial charge in [-0.3, -0.25) is 4.79 Å². The molecule has 1 heterocycles. The zero-order valence-electron chi connectivity index (χ0n) is 17.3. The highest BCUT2D eigenvalue weighted by molar-refractivity contribution is 5.85. The summed E-state index contributed by atoms with van der Waals surface area (Å²) in [5.41, 5.74) is 2.09. The van der Waals surface area contributed by atoms with E-state index in [1.54, 1.807) is 23.1 Å². The quantitative estimate of drug-likeness (QED) is 0.485. The van der Waals surface area contributed by atoms with Crippen molar-refractivity contribution in [1.82, 2.24) is 4.90 Å². The summed E-state index contributed by atoms with van der Waals surface area (Å²) in [7, 11) is 0. The number of halogens is 3. The number of nitrogens with zero attached hydrogens (tertiary/aromatic N) is 1. The molecule has 1 aliphatic rings. The molecule has 1 fully saturated rings. The Labute approximate surface area is 180 Å². The topological polar surface area (TPSA) is 20.3 Å². The fourth-order valence-electron chi connectivity index (χ4n) is 4.38. The van der Waals surface area contributed by atoms with E-state index in [-0.39, 0.29) is 29.8 Å². The molecule has 2 atom stereocenters. The predicted octanol–water partition coefficient (Wildman–Crippen LogP) is 6.10. The Morgan fingerprint density at radius 1 is 0.935 bits per heavy atom. The number of carbonyl (C=O) groups is 1. The minimum absolute atomic E-state index is 0.0963. The van der Waals surface area contributed by atoms with E-state index in [0.29, 0.717) is 24.1 Å². The van der Waals surface area contributed by atoms with Crippen LogP contribution in [0.15, 0.2) is 66.7 Å². The van der Waals surface area contributed by atoms with Gasteiger partial charge in [-0.1, -0.05) is 54.1 Å². The van der Waals surface area contributed by atoms with Gasteiger partial charge in [-0.15, -0.1) is 0 Å². The molecule has 0 aromatic heterocycles. The van der Waals surface area contributed by atoms with Crippen LogP contribution in [0.3, 0.4) is 0 Å². The van der Waals surface area contributed by atoms with E-state index in [9.17, 15) is 18.0 Å². The summed E-state index contributed by atoms with van der Waals surface area (Å²) in [6.45, 7) is 2.42. The van der Waals surface area contributed by atoms with Crippen LogP contribution in [0, 0.1) is 24.4 Å². The van der Waals surface area contributed by atoms with E-state index in [1.807, 2.05) is 31.2 Å². The second kappa shape index (κ2) is 8.96. The molecule has 1 saturated heterocycles. The molecule has 0 radical (unpaired) electrons. The van der Waals surface area contributed by atoms with Gasteiger partial charge < -0.3 is 4.90 Å². The van der Waals surface area contributed by atoms with Gasteiger partial charge in [0, 0.05) is 17.7 Å². The summed E-state index contributed by atoms with van der Waals surface area (Å²) in [6, 6.07) is 17.2. The van der Waals surface area contributed by atoms with Gasteiger partial charge in [0.25, 0.3) is 0 Å². The van der Waals surface area contributed by atoms with Crippen LogP contribution in [0.25, 0.3) is 0 Å². The van der Waals surface area contributed by atoms with Crippen molar-refractivity contribution in [2.75, 3.05) is 6.54 Å². The predicted molar refractivity (Wildman–Crippen MR) is 114 cm³/mol.